The fourth-order valence-electron chi connectivity index (χ4n) is 1.52. The number of hydrogen-bond donors (Lipinski definition) is 0. The molecule has 1 aliphatic heterocycles. The number of nitrogens with zero attached hydrogens (tertiary/aromatic N) is 1. The zero-order valence-corrected chi connectivity index (χ0v) is 8.02. The van der Waals surface area contributed by atoms with Crippen LogP contribution in [0.2, 0.25) is 0 Å². The Bertz CT molecular complexity index is 155. The molecule has 0 spiro atoms. The quantitative estimate of drug-likeness (QED) is 0.660. The molecule has 0 aliphatic carbocycles. The minimum Gasteiger partial charge on any atom is -0.364 e. The van der Waals surface area contributed by atoms with Gasteiger partial charge in [-0.25, -0.2) is 0 Å². The van der Waals surface area contributed by atoms with Crippen LogP contribution >= 0.6 is 0 Å². The molecule has 1 fully saturated rings. The second-order valence-electron chi connectivity index (χ2n) is 3.43. The number of ether oxygens (including phenoxy) is 1. The van der Waals surface area contributed by atoms with Gasteiger partial charge < -0.3 is 9.64 Å². The Morgan fingerprint density at radius 3 is 2.36 bits per heavy atom. The average Bonchev–Trinajstić information content (AvgIpc) is 2.13. The zero-order valence-electron chi connectivity index (χ0n) is 8.02. The summed E-state index contributed by atoms with van der Waals surface area (Å²) in [7, 11) is 0. The van der Waals surface area contributed by atoms with Gasteiger partial charge in [-0.3, -0.25) is 0 Å². The van der Waals surface area contributed by atoms with Gasteiger partial charge in [0.25, 0.3) is 0 Å². The van der Waals surface area contributed by atoms with Gasteiger partial charge in [-0.05, 0) is 25.9 Å². The summed E-state index contributed by atoms with van der Waals surface area (Å²) < 4.78 is 39.3. The molecule has 0 atom stereocenters. The molecule has 83 valence electrons. The van der Waals surface area contributed by atoms with Crippen molar-refractivity contribution >= 4 is 0 Å². The van der Waals surface area contributed by atoms with Crippen molar-refractivity contribution in [3.63, 3.8) is 0 Å². The maximum Gasteiger partial charge on any atom is 0.417 e. The van der Waals surface area contributed by atoms with E-state index in [1.165, 1.54) is 6.42 Å². The smallest absolute Gasteiger partial charge is 0.364 e. The third-order valence-electron chi connectivity index (χ3n) is 2.19. The summed E-state index contributed by atoms with van der Waals surface area (Å²) in [6.45, 7) is 2.63. The van der Waals surface area contributed by atoms with E-state index >= 15 is 0 Å². The third kappa shape index (κ3) is 5.44. The van der Waals surface area contributed by atoms with Gasteiger partial charge >= 0.3 is 6.18 Å². The van der Waals surface area contributed by atoms with Crippen LogP contribution in [0.5, 0.6) is 0 Å². The van der Waals surface area contributed by atoms with E-state index in [-0.39, 0.29) is 13.2 Å². The molecule has 1 aliphatic rings. The fourth-order valence-corrected chi connectivity index (χ4v) is 1.52. The lowest BCUT2D eigenvalue weighted by Crippen LogP contribution is -2.32. The number of rotatable bonds is 4. The molecule has 2 nitrogen and oxygen atoms in total. The van der Waals surface area contributed by atoms with E-state index in [1.54, 1.807) is 0 Å². The molecular formula is C9H15F3NO. The molecule has 0 bridgehead atoms. The van der Waals surface area contributed by atoms with Gasteiger partial charge in [-0.2, -0.15) is 13.2 Å². The van der Waals surface area contributed by atoms with Crippen LogP contribution in [0.4, 0.5) is 13.2 Å². The first-order valence-electron chi connectivity index (χ1n) is 4.83. The van der Waals surface area contributed by atoms with Crippen molar-refractivity contribution in [2.45, 2.75) is 25.4 Å². The predicted molar refractivity (Wildman–Crippen MR) is 46.6 cm³/mol. The summed E-state index contributed by atoms with van der Waals surface area (Å²) in [5, 5.41) is 0. The lowest BCUT2D eigenvalue weighted by atomic mass is 10.1. The van der Waals surface area contributed by atoms with Crippen molar-refractivity contribution in [2.75, 3.05) is 26.2 Å². The Labute approximate surface area is 82.0 Å². The van der Waals surface area contributed by atoms with E-state index < -0.39 is 6.18 Å². The Morgan fingerprint density at radius 2 is 1.79 bits per heavy atom. The molecule has 1 heterocycles. The summed E-state index contributed by atoms with van der Waals surface area (Å²) in [6.07, 6.45) is -0.806. The maximum absolute atomic E-state index is 11.6. The Balaban J connectivity index is 1.97. The SMILES string of the molecule is FC(F)(F)[CH]OCCN1CCCCC1. The van der Waals surface area contributed by atoms with Crippen LogP contribution in [0.3, 0.4) is 0 Å². The van der Waals surface area contributed by atoms with Crippen LogP contribution in [-0.2, 0) is 4.74 Å². The molecule has 0 N–H and O–H groups in total. The first-order valence-corrected chi connectivity index (χ1v) is 4.83. The van der Waals surface area contributed by atoms with E-state index in [2.05, 4.69) is 9.64 Å². The number of alkyl halides is 3. The number of hydrogen-bond acceptors (Lipinski definition) is 2. The highest BCUT2D eigenvalue weighted by atomic mass is 19.4. The Morgan fingerprint density at radius 1 is 1.14 bits per heavy atom. The van der Waals surface area contributed by atoms with Crippen molar-refractivity contribution in [1.82, 2.24) is 4.90 Å². The molecular weight excluding hydrogens is 195 g/mol. The molecule has 0 saturated carbocycles. The highest BCUT2D eigenvalue weighted by Gasteiger charge is 2.28. The molecule has 0 aromatic carbocycles. The van der Waals surface area contributed by atoms with Crippen LogP contribution in [0.15, 0.2) is 0 Å². The lowest BCUT2D eigenvalue weighted by molar-refractivity contribution is -0.138. The van der Waals surface area contributed by atoms with Crippen molar-refractivity contribution in [2.24, 2.45) is 0 Å². The van der Waals surface area contributed by atoms with Gasteiger partial charge in [0, 0.05) is 6.54 Å². The third-order valence-corrected chi connectivity index (χ3v) is 2.19. The normalized spacial score (nSPS) is 19.9. The maximum atomic E-state index is 11.6. The fraction of sp³-hybridized carbons (Fsp3) is 0.889. The summed E-state index contributed by atoms with van der Waals surface area (Å²) in [5.74, 6) is 0. The molecule has 14 heavy (non-hydrogen) atoms. The van der Waals surface area contributed by atoms with E-state index in [0.29, 0.717) is 6.54 Å². The second-order valence-corrected chi connectivity index (χ2v) is 3.43. The predicted octanol–water partition coefficient (Wildman–Crippen LogP) is 2.21. The zero-order chi connectivity index (χ0) is 10.4. The van der Waals surface area contributed by atoms with E-state index in [1.807, 2.05) is 0 Å². The molecule has 1 saturated heterocycles. The second kappa shape index (κ2) is 5.56. The van der Waals surface area contributed by atoms with E-state index in [4.69, 9.17) is 0 Å². The van der Waals surface area contributed by atoms with Gasteiger partial charge in [0.05, 0.1) is 6.61 Å². The van der Waals surface area contributed by atoms with Crippen LogP contribution in [-0.4, -0.2) is 37.3 Å². The molecule has 0 aromatic heterocycles. The van der Waals surface area contributed by atoms with Gasteiger partial charge in [0.2, 0.25) is 0 Å². The minimum atomic E-state index is -4.32. The molecule has 5 heteroatoms. The van der Waals surface area contributed by atoms with E-state index in [9.17, 15) is 13.2 Å². The van der Waals surface area contributed by atoms with Crippen molar-refractivity contribution in [3.05, 3.63) is 6.61 Å². The highest BCUT2D eigenvalue weighted by Crippen LogP contribution is 2.18. The van der Waals surface area contributed by atoms with Crippen LogP contribution in [0, 0.1) is 6.61 Å². The molecule has 0 amide bonds. The first kappa shape index (κ1) is 11.8. The van der Waals surface area contributed by atoms with Crippen molar-refractivity contribution < 1.29 is 17.9 Å². The summed E-state index contributed by atoms with van der Waals surface area (Å²) in [4.78, 5) is 2.13. The number of piperidine rings is 1. The summed E-state index contributed by atoms with van der Waals surface area (Å²) in [5.41, 5.74) is 0. The Hall–Kier alpha value is -0.290. The number of likely N-dealkylation sites (tertiary alicyclic amines) is 1. The van der Waals surface area contributed by atoms with E-state index in [0.717, 1.165) is 25.9 Å². The lowest BCUT2D eigenvalue weighted by Gasteiger charge is -2.26. The van der Waals surface area contributed by atoms with Crippen LogP contribution < -0.4 is 0 Å². The average molecular weight is 210 g/mol. The van der Waals surface area contributed by atoms with Crippen LogP contribution in [0.1, 0.15) is 19.3 Å². The molecule has 0 aromatic rings. The summed E-state index contributed by atoms with van der Waals surface area (Å²) >= 11 is 0. The highest BCUT2D eigenvalue weighted by molar-refractivity contribution is 4.66. The molecule has 1 rings (SSSR count). The van der Waals surface area contributed by atoms with Gasteiger partial charge in [0.15, 0.2) is 6.61 Å². The summed E-state index contributed by atoms with van der Waals surface area (Å²) in [6, 6.07) is 0. The van der Waals surface area contributed by atoms with Crippen molar-refractivity contribution in [1.29, 1.82) is 0 Å². The molecule has 0 unspecified atom stereocenters. The number of halogens is 3. The topological polar surface area (TPSA) is 12.5 Å². The Kier molecular flexibility index (Phi) is 4.68. The van der Waals surface area contributed by atoms with Gasteiger partial charge in [-0.15, -0.1) is 0 Å². The molecule has 1 radical (unpaired) electrons. The standard InChI is InChI=1S/C9H15F3NO/c10-9(11,12)8-14-7-6-13-4-2-1-3-5-13/h8H,1-7H2. The van der Waals surface area contributed by atoms with Gasteiger partial charge in [0.1, 0.15) is 0 Å². The van der Waals surface area contributed by atoms with Crippen LogP contribution in [0.25, 0.3) is 0 Å². The van der Waals surface area contributed by atoms with Crippen molar-refractivity contribution in [3.8, 4) is 0 Å². The van der Waals surface area contributed by atoms with Gasteiger partial charge in [-0.1, -0.05) is 6.42 Å². The monoisotopic (exact) mass is 210 g/mol. The largest absolute Gasteiger partial charge is 0.417 e. The first-order chi connectivity index (χ1) is 6.58. The minimum absolute atomic E-state index is 0.0447.